The Labute approximate surface area is 119 Å². The van der Waals surface area contributed by atoms with E-state index in [1.165, 1.54) is 64.2 Å². The predicted molar refractivity (Wildman–Crippen MR) is 81.5 cm³/mol. The number of aliphatic hydroxyl groups is 1. The summed E-state index contributed by atoms with van der Waals surface area (Å²) < 4.78 is 0. The van der Waals surface area contributed by atoms with Gasteiger partial charge < -0.3 is 10.2 Å². The van der Waals surface area contributed by atoms with Crippen LogP contribution in [-0.4, -0.2) is 23.3 Å². The van der Waals surface area contributed by atoms with E-state index in [9.17, 15) is 4.79 Å². The number of rotatable bonds is 13. The molecule has 0 radical (unpaired) electrons. The first-order chi connectivity index (χ1) is 9.27. The molecule has 0 aliphatic carbocycles. The van der Waals surface area contributed by atoms with Crippen LogP contribution < -0.4 is 0 Å². The van der Waals surface area contributed by atoms with E-state index in [0.717, 1.165) is 20.0 Å². The van der Waals surface area contributed by atoms with Gasteiger partial charge in [-0.2, -0.15) is 0 Å². The first kappa shape index (κ1) is 20.7. The molecule has 0 aromatic rings. The molecule has 3 nitrogen and oxygen atoms in total. The van der Waals surface area contributed by atoms with Gasteiger partial charge in [-0.25, -0.2) is 0 Å². The van der Waals surface area contributed by atoms with Crippen LogP contribution in [0.2, 0.25) is 0 Å². The Kier molecular flexibility index (Phi) is 21.6. The molecule has 0 amide bonds. The van der Waals surface area contributed by atoms with Crippen LogP contribution in [-0.2, 0) is 4.79 Å². The number of aliphatic hydroxyl groups excluding tert-OH is 1. The second-order valence-corrected chi connectivity index (χ2v) is 5.03. The zero-order valence-corrected chi connectivity index (χ0v) is 13.0. The number of aliphatic carboxylic acids is 1. The van der Waals surface area contributed by atoms with Gasteiger partial charge in [-0.15, -0.1) is 0 Å². The standard InChI is InChI=1S/C15H30O2.CH4O/c1-2-3-4-5-6-7-8-9-10-11-12-13-14-15(16)17;1-2/h2-14H2,1H3,(H,16,17);2H,1H3. The lowest BCUT2D eigenvalue weighted by Crippen LogP contribution is -1.93. The minimum Gasteiger partial charge on any atom is -0.481 e. The fourth-order valence-electron chi connectivity index (χ4n) is 2.12. The summed E-state index contributed by atoms with van der Waals surface area (Å²) in [6, 6.07) is 0. The van der Waals surface area contributed by atoms with Gasteiger partial charge >= 0.3 is 5.97 Å². The van der Waals surface area contributed by atoms with Crippen molar-refractivity contribution < 1.29 is 15.0 Å². The highest BCUT2D eigenvalue weighted by Crippen LogP contribution is 2.12. The van der Waals surface area contributed by atoms with Crippen molar-refractivity contribution in [3.63, 3.8) is 0 Å². The van der Waals surface area contributed by atoms with E-state index in [-0.39, 0.29) is 0 Å². The van der Waals surface area contributed by atoms with E-state index in [0.29, 0.717) is 6.42 Å². The van der Waals surface area contributed by atoms with Crippen molar-refractivity contribution in [1.29, 1.82) is 0 Å². The highest BCUT2D eigenvalue weighted by molar-refractivity contribution is 5.66. The quantitative estimate of drug-likeness (QED) is 0.476. The minimum absolute atomic E-state index is 0.345. The Hall–Kier alpha value is -0.570. The molecule has 0 heterocycles. The van der Waals surface area contributed by atoms with Crippen LogP contribution in [0.15, 0.2) is 0 Å². The summed E-state index contributed by atoms with van der Waals surface area (Å²) in [6.07, 6.45) is 15.8. The van der Waals surface area contributed by atoms with Gasteiger partial charge in [0.05, 0.1) is 0 Å². The van der Waals surface area contributed by atoms with Gasteiger partial charge in [-0.3, -0.25) is 4.79 Å². The van der Waals surface area contributed by atoms with Crippen LogP contribution >= 0.6 is 0 Å². The van der Waals surface area contributed by atoms with Gasteiger partial charge in [0.1, 0.15) is 0 Å². The molecule has 0 bridgehead atoms. The summed E-state index contributed by atoms with van der Waals surface area (Å²) >= 11 is 0. The third-order valence-corrected chi connectivity index (χ3v) is 3.24. The molecule has 0 aromatic heterocycles. The lowest BCUT2D eigenvalue weighted by molar-refractivity contribution is -0.137. The van der Waals surface area contributed by atoms with Crippen molar-refractivity contribution in [2.24, 2.45) is 0 Å². The Morgan fingerprint density at radius 1 is 0.684 bits per heavy atom. The van der Waals surface area contributed by atoms with Crippen molar-refractivity contribution in [2.45, 2.75) is 90.4 Å². The van der Waals surface area contributed by atoms with Gasteiger partial charge in [-0.1, -0.05) is 77.6 Å². The second kappa shape index (κ2) is 19.8. The van der Waals surface area contributed by atoms with E-state index < -0.39 is 5.97 Å². The monoisotopic (exact) mass is 274 g/mol. The molecule has 0 saturated carbocycles. The van der Waals surface area contributed by atoms with Crippen molar-refractivity contribution >= 4 is 5.97 Å². The molecule has 0 aliphatic heterocycles. The zero-order valence-electron chi connectivity index (χ0n) is 13.0. The van der Waals surface area contributed by atoms with Gasteiger partial charge in [0.2, 0.25) is 0 Å². The molecule has 19 heavy (non-hydrogen) atoms. The number of carboxylic acids is 1. The molecule has 3 heteroatoms. The van der Waals surface area contributed by atoms with Crippen molar-refractivity contribution in [3.05, 3.63) is 0 Å². The molecular weight excluding hydrogens is 240 g/mol. The molecular formula is C16H34O3. The summed E-state index contributed by atoms with van der Waals surface area (Å²) in [5.41, 5.74) is 0. The summed E-state index contributed by atoms with van der Waals surface area (Å²) in [5, 5.41) is 15.5. The van der Waals surface area contributed by atoms with Crippen LogP contribution in [0.25, 0.3) is 0 Å². The number of hydrogen-bond donors (Lipinski definition) is 2. The Balaban J connectivity index is 0. The van der Waals surface area contributed by atoms with Crippen LogP contribution in [0.4, 0.5) is 0 Å². The number of carboxylic acid groups (broad SMARTS) is 1. The molecule has 0 aliphatic rings. The topological polar surface area (TPSA) is 57.5 Å². The van der Waals surface area contributed by atoms with E-state index in [2.05, 4.69) is 6.92 Å². The lowest BCUT2D eigenvalue weighted by atomic mass is 10.0. The largest absolute Gasteiger partial charge is 0.481 e. The van der Waals surface area contributed by atoms with Crippen molar-refractivity contribution in [3.8, 4) is 0 Å². The highest BCUT2D eigenvalue weighted by Gasteiger charge is 1.96. The summed E-state index contributed by atoms with van der Waals surface area (Å²) in [7, 11) is 1.00. The average Bonchev–Trinajstić information content (AvgIpc) is 2.42. The molecule has 0 unspecified atom stereocenters. The molecule has 0 aromatic carbocycles. The van der Waals surface area contributed by atoms with Crippen molar-refractivity contribution in [1.82, 2.24) is 0 Å². The Morgan fingerprint density at radius 3 is 1.32 bits per heavy atom. The lowest BCUT2D eigenvalue weighted by Gasteiger charge is -2.02. The Morgan fingerprint density at radius 2 is 1.00 bits per heavy atom. The summed E-state index contributed by atoms with van der Waals surface area (Å²) in [6.45, 7) is 2.25. The zero-order chi connectivity index (χ0) is 14.8. The molecule has 116 valence electrons. The van der Waals surface area contributed by atoms with E-state index in [1.54, 1.807) is 0 Å². The maximum absolute atomic E-state index is 10.3. The van der Waals surface area contributed by atoms with Crippen LogP contribution in [0.1, 0.15) is 90.4 Å². The fraction of sp³-hybridized carbons (Fsp3) is 0.938. The van der Waals surface area contributed by atoms with E-state index >= 15 is 0 Å². The SMILES string of the molecule is CCCCCCCCCCCCCCC(=O)O.CO. The first-order valence-electron chi connectivity index (χ1n) is 7.94. The fourth-order valence-corrected chi connectivity index (χ4v) is 2.12. The smallest absolute Gasteiger partial charge is 0.303 e. The second-order valence-electron chi connectivity index (χ2n) is 5.03. The number of hydrogen-bond acceptors (Lipinski definition) is 2. The van der Waals surface area contributed by atoms with Gasteiger partial charge in [0.15, 0.2) is 0 Å². The molecule has 0 atom stereocenters. The van der Waals surface area contributed by atoms with Crippen LogP contribution in [0.3, 0.4) is 0 Å². The normalized spacial score (nSPS) is 9.84. The van der Waals surface area contributed by atoms with Crippen LogP contribution in [0.5, 0.6) is 0 Å². The number of carbonyl (C=O) groups is 1. The average molecular weight is 274 g/mol. The summed E-state index contributed by atoms with van der Waals surface area (Å²) in [4.78, 5) is 10.3. The maximum Gasteiger partial charge on any atom is 0.303 e. The molecule has 0 spiro atoms. The Bertz CT molecular complexity index is 169. The number of unbranched alkanes of at least 4 members (excludes halogenated alkanes) is 11. The van der Waals surface area contributed by atoms with Gasteiger partial charge in [0.25, 0.3) is 0 Å². The van der Waals surface area contributed by atoms with Crippen LogP contribution in [0, 0.1) is 0 Å². The maximum atomic E-state index is 10.3. The highest BCUT2D eigenvalue weighted by atomic mass is 16.4. The summed E-state index contributed by atoms with van der Waals surface area (Å²) in [5.74, 6) is -0.655. The third kappa shape index (κ3) is 23.0. The predicted octanol–water partition coefficient (Wildman–Crippen LogP) is 4.77. The van der Waals surface area contributed by atoms with Gasteiger partial charge in [-0.05, 0) is 6.42 Å². The first-order valence-corrected chi connectivity index (χ1v) is 7.94. The molecule has 0 fully saturated rings. The van der Waals surface area contributed by atoms with Gasteiger partial charge in [0, 0.05) is 13.5 Å². The van der Waals surface area contributed by atoms with E-state index in [1.807, 2.05) is 0 Å². The third-order valence-electron chi connectivity index (χ3n) is 3.24. The molecule has 2 N–H and O–H groups in total. The molecule has 0 saturated heterocycles. The minimum atomic E-state index is -0.655. The van der Waals surface area contributed by atoms with Crippen molar-refractivity contribution in [2.75, 3.05) is 7.11 Å². The van der Waals surface area contributed by atoms with E-state index in [4.69, 9.17) is 10.2 Å². The molecule has 0 rings (SSSR count).